The number of hydrogen-bond acceptors (Lipinski definition) is 5. The first-order valence-corrected chi connectivity index (χ1v) is 11.4. The van der Waals surface area contributed by atoms with Crippen molar-refractivity contribution in [2.24, 2.45) is 0 Å². The van der Waals surface area contributed by atoms with Gasteiger partial charge < -0.3 is 5.32 Å². The molecule has 1 N–H and O–H groups in total. The van der Waals surface area contributed by atoms with Gasteiger partial charge in [-0.15, -0.1) is 0 Å². The number of sulfonamides is 1. The smallest absolute Gasteiger partial charge is 0.271 e. The molecule has 0 fully saturated rings. The minimum absolute atomic E-state index is 0.0256. The third-order valence-electron chi connectivity index (χ3n) is 4.37. The van der Waals surface area contributed by atoms with E-state index >= 15 is 0 Å². The quantitative estimate of drug-likeness (QED) is 0.366. The number of nitrogens with zero attached hydrogens (tertiary/aromatic N) is 2. The molecule has 0 aliphatic heterocycles. The van der Waals surface area contributed by atoms with Crippen molar-refractivity contribution >= 4 is 56.2 Å². The highest BCUT2D eigenvalue weighted by Crippen LogP contribution is 2.30. The highest BCUT2D eigenvalue weighted by atomic mass is 35.5. The van der Waals surface area contributed by atoms with E-state index in [1.54, 1.807) is 12.1 Å². The molecule has 3 rings (SSSR count). The predicted molar refractivity (Wildman–Crippen MR) is 124 cm³/mol. The summed E-state index contributed by atoms with van der Waals surface area (Å²) in [5.41, 5.74) is 0.900. The van der Waals surface area contributed by atoms with Gasteiger partial charge in [0, 0.05) is 27.9 Å². The van der Waals surface area contributed by atoms with E-state index in [1.807, 2.05) is 6.92 Å². The molecular weight excluding hydrogens is 477 g/mol. The zero-order valence-electron chi connectivity index (χ0n) is 16.7. The summed E-state index contributed by atoms with van der Waals surface area (Å²) in [5.74, 6) is -0.711. The molecule has 11 heteroatoms. The molecule has 8 nitrogen and oxygen atoms in total. The van der Waals surface area contributed by atoms with Crippen LogP contribution in [0.2, 0.25) is 10.0 Å². The summed E-state index contributed by atoms with van der Waals surface area (Å²) in [6.07, 6.45) is 0. The topological polar surface area (TPSA) is 110 Å². The maximum Gasteiger partial charge on any atom is 0.271 e. The van der Waals surface area contributed by atoms with Gasteiger partial charge in [-0.05, 0) is 43.3 Å². The highest BCUT2D eigenvalue weighted by molar-refractivity contribution is 7.92. The van der Waals surface area contributed by atoms with Crippen LogP contribution in [0.25, 0.3) is 0 Å². The number of amides is 1. The number of nitro benzene ring substituents is 1. The molecule has 1 amide bonds. The summed E-state index contributed by atoms with van der Waals surface area (Å²) in [7, 11) is -4.17. The largest absolute Gasteiger partial charge is 0.324 e. The number of nitro groups is 1. The Morgan fingerprint density at radius 1 is 1.03 bits per heavy atom. The van der Waals surface area contributed by atoms with Crippen LogP contribution < -0.4 is 9.62 Å². The van der Waals surface area contributed by atoms with E-state index in [2.05, 4.69) is 5.32 Å². The first-order valence-electron chi connectivity index (χ1n) is 9.16. The van der Waals surface area contributed by atoms with Crippen molar-refractivity contribution in [2.45, 2.75) is 11.8 Å². The fourth-order valence-corrected chi connectivity index (χ4v) is 4.78. The van der Waals surface area contributed by atoms with E-state index in [0.29, 0.717) is 0 Å². The van der Waals surface area contributed by atoms with Gasteiger partial charge in [0.1, 0.15) is 6.54 Å². The molecule has 3 aromatic carbocycles. The van der Waals surface area contributed by atoms with Crippen LogP contribution >= 0.6 is 23.2 Å². The zero-order valence-corrected chi connectivity index (χ0v) is 19.0. The Balaban J connectivity index is 1.97. The number of halogens is 2. The maximum atomic E-state index is 13.4. The van der Waals surface area contributed by atoms with Gasteiger partial charge in [0.05, 0.1) is 15.5 Å². The van der Waals surface area contributed by atoms with Crippen molar-refractivity contribution in [3.8, 4) is 0 Å². The summed E-state index contributed by atoms with van der Waals surface area (Å²) in [6, 6.07) is 15.6. The summed E-state index contributed by atoms with van der Waals surface area (Å²) < 4.78 is 27.6. The van der Waals surface area contributed by atoms with Crippen LogP contribution in [-0.4, -0.2) is 25.8 Å². The number of benzene rings is 3. The number of non-ortho nitro benzene ring substituents is 1. The van der Waals surface area contributed by atoms with Crippen LogP contribution in [-0.2, 0) is 14.8 Å². The molecule has 0 bridgehead atoms. The number of nitrogens with one attached hydrogen (secondary N) is 1. The molecule has 0 radical (unpaired) electrons. The second kappa shape index (κ2) is 9.56. The Morgan fingerprint density at radius 2 is 1.66 bits per heavy atom. The average Bonchev–Trinajstić information content (AvgIpc) is 2.71. The van der Waals surface area contributed by atoms with Gasteiger partial charge in [0.2, 0.25) is 5.91 Å². The Hall–Kier alpha value is -3.14. The lowest BCUT2D eigenvalue weighted by Gasteiger charge is -2.24. The van der Waals surface area contributed by atoms with E-state index in [-0.39, 0.29) is 32.0 Å². The summed E-state index contributed by atoms with van der Waals surface area (Å²) in [5, 5.41) is 13.8. The standard InChI is InChI=1S/C21H17Cl2N3O5S/c1-14-5-7-20(8-6-14)32(30,31)25(19-10-15(22)9-16(23)11-19)13-21(27)24-17-3-2-4-18(12-17)26(28)29/h2-12H,13H2,1H3,(H,24,27). The molecule has 0 aliphatic rings. The first kappa shape index (κ1) is 23.5. The Labute approximate surface area is 194 Å². The summed E-state index contributed by atoms with van der Waals surface area (Å²) in [6.45, 7) is 1.20. The van der Waals surface area contributed by atoms with Crippen LogP contribution in [0.1, 0.15) is 5.56 Å². The Bertz CT molecular complexity index is 1260. The Morgan fingerprint density at radius 3 is 2.25 bits per heavy atom. The highest BCUT2D eigenvalue weighted by Gasteiger charge is 2.28. The molecule has 166 valence electrons. The molecule has 0 saturated heterocycles. The van der Waals surface area contributed by atoms with Crippen LogP contribution in [0.15, 0.2) is 71.6 Å². The molecule has 0 atom stereocenters. The van der Waals surface area contributed by atoms with Crippen molar-refractivity contribution in [3.05, 3.63) is 92.5 Å². The number of carbonyl (C=O) groups is 1. The molecule has 0 spiro atoms. The maximum absolute atomic E-state index is 13.4. The zero-order chi connectivity index (χ0) is 23.5. The fourth-order valence-electron chi connectivity index (χ4n) is 2.86. The van der Waals surface area contributed by atoms with E-state index in [9.17, 15) is 23.3 Å². The number of aryl methyl sites for hydroxylation is 1. The fraction of sp³-hybridized carbons (Fsp3) is 0.0952. The van der Waals surface area contributed by atoms with Crippen molar-refractivity contribution in [3.63, 3.8) is 0 Å². The minimum atomic E-state index is -4.17. The van der Waals surface area contributed by atoms with E-state index < -0.39 is 27.4 Å². The molecule has 0 saturated carbocycles. The monoisotopic (exact) mass is 493 g/mol. The predicted octanol–water partition coefficient (Wildman–Crippen LogP) is 5.04. The lowest BCUT2D eigenvalue weighted by atomic mass is 10.2. The van der Waals surface area contributed by atoms with Crippen LogP contribution in [0.4, 0.5) is 17.1 Å². The van der Waals surface area contributed by atoms with Crippen LogP contribution in [0.5, 0.6) is 0 Å². The molecule has 0 heterocycles. The lowest BCUT2D eigenvalue weighted by molar-refractivity contribution is -0.384. The van der Waals surface area contributed by atoms with Gasteiger partial charge in [0.15, 0.2) is 0 Å². The first-order chi connectivity index (χ1) is 15.1. The average molecular weight is 494 g/mol. The third-order valence-corrected chi connectivity index (χ3v) is 6.60. The molecule has 0 aliphatic carbocycles. The molecule has 0 aromatic heterocycles. The molecular formula is C21H17Cl2N3O5S. The van der Waals surface area contributed by atoms with Crippen molar-refractivity contribution < 1.29 is 18.1 Å². The van der Waals surface area contributed by atoms with Gasteiger partial charge >= 0.3 is 0 Å². The van der Waals surface area contributed by atoms with Crippen molar-refractivity contribution in [2.75, 3.05) is 16.2 Å². The van der Waals surface area contributed by atoms with Crippen LogP contribution in [0.3, 0.4) is 0 Å². The van der Waals surface area contributed by atoms with Gasteiger partial charge in [0.25, 0.3) is 15.7 Å². The van der Waals surface area contributed by atoms with Gasteiger partial charge in [-0.25, -0.2) is 8.42 Å². The third kappa shape index (κ3) is 5.56. The van der Waals surface area contributed by atoms with E-state index in [0.717, 1.165) is 9.87 Å². The normalized spacial score (nSPS) is 11.1. The minimum Gasteiger partial charge on any atom is -0.324 e. The second-order valence-electron chi connectivity index (χ2n) is 6.81. The molecule has 32 heavy (non-hydrogen) atoms. The Kier molecular flexibility index (Phi) is 7.02. The number of anilines is 2. The van der Waals surface area contributed by atoms with Gasteiger partial charge in [-0.1, -0.05) is 47.0 Å². The SMILES string of the molecule is Cc1ccc(S(=O)(=O)N(CC(=O)Nc2cccc([N+](=O)[O-])c2)c2cc(Cl)cc(Cl)c2)cc1. The number of carbonyl (C=O) groups excluding carboxylic acids is 1. The number of hydrogen-bond donors (Lipinski definition) is 1. The molecule has 0 unspecified atom stereocenters. The van der Waals surface area contributed by atoms with Gasteiger partial charge in [-0.2, -0.15) is 0 Å². The lowest BCUT2D eigenvalue weighted by Crippen LogP contribution is -2.38. The summed E-state index contributed by atoms with van der Waals surface area (Å²) in [4.78, 5) is 23.1. The van der Waals surface area contributed by atoms with Crippen molar-refractivity contribution in [1.29, 1.82) is 0 Å². The number of rotatable bonds is 7. The van der Waals surface area contributed by atoms with Crippen LogP contribution in [0, 0.1) is 17.0 Å². The van der Waals surface area contributed by atoms with Crippen molar-refractivity contribution in [1.82, 2.24) is 0 Å². The van der Waals surface area contributed by atoms with Gasteiger partial charge in [-0.3, -0.25) is 19.2 Å². The summed E-state index contributed by atoms with van der Waals surface area (Å²) >= 11 is 12.1. The van der Waals surface area contributed by atoms with E-state index in [1.165, 1.54) is 54.6 Å². The second-order valence-corrected chi connectivity index (χ2v) is 9.54. The molecule has 3 aromatic rings. The van der Waals surface area contributed by atoms with E-state index in [4.69, 9.17) is 23.2 Å².